The SMILES string of the molecule is CC(C)(C)ON=Cc1cccc(C(=O)NC(C)(C)C(=O)CCl)c1. The van der Waals surface area contributed by atoms with Gasteiger partial charge in [0.25, 0.3) is 5.91 Å². The van der Waals surface area contributed by atoms with E-state index in [-0.39, 0.29) is 23.2 Å². The Morgan fingerprint density at radius 1 is 1.26 bits per heavy atom. The van der Waals surface area contributed by atoms with Crippen molar-refractivity contribution in [2.24, 2.45) is 5.16 Å². The van der Waals surface area contributed by atoms with Crippen LogP contribution in [0.1, 0.15) is 50.5 Å². The number of carbonyl (C=O) groups excluding carboxylic acids is 2. The molecule has 0 aliphatic heterocycles. The molecule has 1 aromatic rings. The quantitative estimate of drug-likeness (QED) is 0.492. The summed E-state index contributed by atoms with van der Waals surface area (Å²) in [6, 6.07) is 6.88. The molecule has 1 aromatic carbocycles. The number of hydrogen-bond donors (Lipinski definition) is 1. The normalized spacial score (nSPS) is 12.3. The Bertz CT molecular complexity index is 604. The first-order chi connectivity index (χ1) is 10.5. The van der Waals surface area contributed by atoms with E-state index in [1.165, 1.54) is 6.21 Å². The van der Waals surface area contributed by atoms with Crippen LogP contribution < -0.4 is 5.32 Å². The number of benzene rings is 1. The van der Waals surface area contributed by atoms with Crippen LogP contribution in [-0.2, 0) is 9.63 Å². The van der Waals surface area contributed by atoms with E-state index in [0.717, 1.165) is 5.56 Å². The molecule has 0 aliphatic carbocycles. The van der Waals surface area contributed by atoms with Gasteiger partial charge in [-0.2, -0.15) is 0 Å². The van der Waals surface area contributed by atoms with Gasteiger partial charge in [0.2, 0.25) is 0 Å². The number of nitrogens with zero attached hydrogens (tertiary/aromatic N) is 1. The highest BCUT2D eigenvalue weighted by molar-refractivity contribution is 6.29. The molecular formula is C17H23ClN2O3. The number of nitrogens with one attached hydrogen (secondary N) is 1. The Morgan fingerprint density at radius 2 is 1.91 bits per heavy atom. The molecule has 0 saturated carbocycles. The van der Waals surface area contributed by atoms with Crippen molar-refractivity contribution in [3.8, 4) is 0 Å². The van der Waals surface area contributed by atoms with Crippen molar-refractivity contribution in [2.45, 2.75) is 45.8 Å². The average molecular weight is 339 g/mol. The average Bonchev–Trinajstić information content (AvgIpc) is 2.44. The summed E-state index contributed by atoms with van der Waals surface area (Å²) < 4.78 is 0. The van der Waals surface area contributed by atoms with Crippen LogP contribution in [0.4, 0.5) is 0 Å². The number of hydrogen-bond acceptors (Lipinski definition) is 4. The molecule has 0 unspecified atom stereocenters. The number of oxime groups is 1. The van der Waals surface area contributed by atoms with Gasteiger partial charge >= 0.3 is 0 Å². The van der Waals surface area contributed by atoms with Gasteiger partial charge in [-0.05, 0) is 52.3 Å². The summed E-state index contributed by atoms with van der Waals surface area (Å²) >= 11 is 5.55. The molecule has 6 heteroatoms. The number of carbonyl (C=O) groups is 2. The third-order valence-corrected chi connectivity index (χ3v) is 3.16. The fraction of sp³-hybridized carbons (Fsp3) is 0.471. The molecule has 0 fully saturated rings. The molecule has 1 rings (SSSR count). The molecule has 0 aromatic heterocycles. The van der Waals surface area contributed by atoms with Crippen LogP contribution in [0.3, 0.4) is 0 Å². The van der Waals surface area contributed by atoms with Crippen molar-refractivity contribution >= 4 is 29.5 Å². The Labute approximate surface area is 142 Å². The van der Waals surface area contributed by atoms with Gasteiger partial charge in [0.15, 0.2) is 5.78 Å². The largest absolute Gasteiger partial charge is 0.390 e. The fourth-order valence-corrected chi connectivity index (χ4v) is 1.93. The summed E-state index contributed by atoms with van der Waals surface area (Å²) in [5.74, 6) is -0.742. The highest BCUT2D eigenvalue weighted by Crippen LogP contribution is 2.10. The van der Waals surface area contributed by atoms with Crippen molar-refractivity contribution in [3.63, 3.8) is 0 Å². The van der Waals surface area contributed by atoms with E-state index in [1.54, 1.807) is 38.1 Å². The first-order valence-electron chi connectivity index (χ1n) is 7.28. The second-order valence-electron chi connectivity index (χ2n) is 6.70. The van der Waals surface area contributed by atoms with Gasteiger partial charge in [-0.25, -0.2) is 0 Å². The molecule has 126 valence electrons. The molecule has 23 heavy (non-hydrogen) atoms. The molecule has 1 N–H and O–H groups in total. The number of amides is 1. The van der Waals surface area contributed by atoms with Gasteiger partial charge in [0.05, 0.1) is 17.6 Å². The van der Waals surface area contributed by atoms with Crippen LogP contribution in [0.2, 0.25) is 0 Å². The Morgan fingerprint density at radius 3 is 2.48 bits per heavy atom. The number of ketones is 1. The Hall–Kier alpha value is -1.88. The summed E-state index contributed by atoms with van der Waals surface area (Å²) in [6.45, 7) is 8.93. The highest BCUT2D eigenvalue weighted by Gasteiger charge is 2.28. The zero-order valence-electron chi connectivity index (χ0n) is 14.1. The zero-order valence-corrected chi connectivity index (χ0v) is 14.9. The van der Waals surface area contributed by atoms with E-state index in [4.69, 9.17) is 16.4 Å². The monoisotopic (exact) mass is 338 g/mol. The van der Waals surface area contributed by atoms with Gasteiger partial charge in [0.1, 0.15) is 5.60 Å². The van der Waals surface area contributed by atoms with Crippen LogP contribution in [0.25, 0.3) is 0 Å². The number of Topliss-reactive ketones (excluding diaryl/α,β-unsaturated/α-hetero) is 1. The lowest BCUT2D eigenvalue weighted by Crippen LogP contribution is -2.50. The van der Waals surface area contributed by atoms with E-state index in [2.05, 4.69) is 10.5 Å². The maximum atomic E-state index is 12.3. The van der Waals surface area contributed by atoms with Crippen LogP contribution in [-0.4, -0.2) is 34.9 Å². The molecular weight excluding hydrogens is 316 g/mol. The van der Waals surface area contributed by atoms with Crippen molar-refractivity contribution in [1.29, 1.82) is 0 Å². The molecule has 0 atom stereocenters. The lowest BCUT2D eigenvalue weighted by Gasteiger charge is -2.23. The smallest absolute Gasteiger partial charge is 0.252 e. The van der Waals surface area contributed by atoms with Gasteiger partial charge in [0, 0.05) is 5.56 Å². The summed E-state index contributed by atoms with van der Waals surface area (Å²) in [7, 11) is 0. The van der Waals surface area contributed by atoms with E-state index in [0.29, 0.717) is 5.56 Å². The summed E-state index contributed by atoms with van der Waals surface area (Å²) in [5, 5.41) is 6.58. The Balaban J connectivity index is 2.84. The maximum Gasteiger partial charge on any atom is 0.252 e. The molecule has 0 spiro atoms. The predicted molar refractivity (Wildman–Crippen MR) is 92.1 cm³/mol. The standard InChI is InChI=1S/C17H23ClN2O3/c1-16(2,3)23-19-11-12-7-6-8-13(9-12)15(22)20-17(4,5)14(21)10-18/h6-9,11H,10H2,1-5H3,(H,20,22). The van der Waals surface area contributed by atoms with Crippen LogP contribution in [0.15, 0.2) is 29.4 Å². The zero-order chi connectivity index (χ0) is 17.7. The number of halogens is 1. The number of rotatable bonds is 6. The Kier molecular flexibility index (Phi) is 6.33. The van der Waals surface area contributed by atoms with Crippen molar-refractivity contribution < 1.29 is 14.4 Å². The second-order valence-corrected chi connectivity index (χ2v) is 6.97. The molecule has 0 bridgehead atoms. The van der Waals surface area contributed by atoms with Crippen LogP contribution in [0.5, 0.6) is 0 Å². The summed E-state index contributed by atoms with van der Waals surface area (Å²) in [4.78, 5) is 29.3. The van der Waals surface area contributed by atoms with Crippen LogP contribution >= 0.6 is 11.6 Å². The molecule has 1 amide bonds. The minimum atomic E-state index is -1.02. The topological polar surface area (TPSA) is 67.8 Å². The van der Waals surface area contributed by atoms with Crippen molar-refractivity contribution in [3.05, 3.63) is 35.4 Å². The predicted octanol–water partition coefficient (Wildman–Crippen LogP) is 3.15. The summed E-state index contributed by atoms with van der Waals surface area (Å²) in [6.07, 6.45) is 1.54. The molecule has 0 aliphatic rings. The first-order valence-corrected chi connectivity index (χ1v) is 7.82. The summed E-state index contributed by atoms with van der Waals surface area (Å²) in [5.41, 5.74) is -0.237. The molecule has 5 nitrogen and oxygen atoms in total. The van der Waals surface area contributed by atoms with E-state index >= 15 is 0 Å². The lowest BCUT2D eigenvalue weighted by molar-refractivity contribution is -0.121. The molecule has 0 saturated heterocycles. The van der Waals surface area contributed by atoms with Gasteiger partial charge in [-0.1, -0.05) is 17.3 Å². The fourth-order valence-electron chi connectivity index (χ4n) is 1.60. The highest BCUT2D eigenvalue weighted by atomic mass is 35.5. The minimum Gasteiger partial charge on any atom is -0.390 e. The second kappa shape index (κ2) is 7.59. The third-order valence-electron chi connectivity index (χ3n) is 2.92. The van der Waals surface area contributed by atoms with E-state index in [1.807, 2.05) is 20.8 Å². The van der Waals surface area contributed by atoms with Gasteiger partial charge in [-0.15, -0.1) is 11.6 Å². The first kappa shape index (κ1) is 19.2. The van der Waals surface area contributed by atoms with Crippen LogP contribution in [0, 0.1) is 0 Å². The van der Waals surface area contributed by atoms with Crippen molar-refractivity contribution in [2.75, 3.05) is 5.88 Å². The van der Waals surface area contributed by atoms with E-state index < -0.39 is 5.54 Å². The van der Waals surface area contributed by atoms with Gasteiger partial charge < -0.3 is 10.2 Å². The maximum absolute atomic E-state index is 12.3. The molecule has 0 radical (unpaired) electrons. The van der Waals surface area contributed by atoms with Gasteiger partial charge in [-0.3, -0.25) is 9.59 Å². The lowest BCUT2D eigenvalue weighted by atomic mass is 9.99. The van der Waals surface area contributed by atoms with E-state index in [9.17, 15) is 9.59 Å². The third kappa shape index (κ3) is 6.40. The minimum absolute atomic E-state index is 0.149. The van der Waals surface area contributed by atoms with Crippen molar-refractivity contribution in [1.82, 2.24) is 5.32 Å². The molecule has 0 heterocycles. The number of alkyl halides is 1.